The second-order valence-corrected chi connectivity index (χ2v) is 5.33. The summed E-state index contributed by atoms with van der Waals surface area (Å²) in [6.07, 6.45) is 9.39. The van der Waals surface area contributed by atoms with Gasteiger partial charge < -0.3 is 10.6 Å². The van der Waals surface area contributed by atoms with Gasteiger partial charge in [0.2, 0.25) is 5.91 Å². The van der Waals surface area contributed by atoms with E-state index in [9.17, 15) is 4.79 Å². The first kappa shape index (κ1) is 11.9. The molecule has 0 aromatic rings. The van der Waals surface area contributed by atoms with E-state index in [0.29, 0.717) is 23.9 Å². The molecule has 3 nitrogen and oxygen atoms in total. The quantitative estimate of drug-likeness (QED) is 0.768. The molecule has 0 atom stereocenters. The molecule has 2 fully saturated rings. The lowest BCUT2D eigenvalue weighted by Gasteiger charge is -2.29. The fraction of sp³-hybridized carbons (Fsp3) is 0.923. The Labute approximate surface area is 98.4 Å². The van der Waals surface area contributed by atoms with E-state index in [-0.39, 0.29) is 0 Å². The first-order valence-corrected chi connectivity index (χ1v) is 6.77. The summed E-state index contributed by atoms with van der Waals surface area (Å²) in [6, 6.07) is 1.11. The highest BCUT2D eigenvalue weighted by Crippen LogP contribution is 2.26. The number of nitrogens with one attached hydrogen (secondary N) is 2. The van der Waals surface area contributed by atoms with Crippen LogP contribution in [-0.4, -0.2) is 25.0 Å². The third-order valence-corrected chi connectivity index (χ3v) is 4.21. The number of amides is 1. The molecule has 0 aromatic carbocycles. The van der Waals surface area contributed by atoms with Gasteiger partial charge >= 0.3 is 0 Å². The molecule has 0 spiro atoms. The molecule has 0 aromatic heterocycles. The van der Waals surface area contributed by atoms with Crippen LogP contribution in [-0.2, 0) is 4.79 Å². The molecule has 2 aliphatic carbocycles. The second kappa shape index (κ2) is 5.67. The minimum absolute atomic E-state index is 0.321. The number of hydrogen-bond acceptors (Lipinski definition) is 2. The van der Waals surface area contributed by atoms with Gasteiger partial charge in [0.05, 0.1) is 0 Å². The monoisotopic (exact) mass is 224 g/mol. The summed E-state index contributed by atoms with van der Waals surface area (Å²) in [5.41, 5.74) is 0. The average Bonchev–Trinajstić information content (AvgIpc) is 2.83. The van der Waals surface area contributed by atoms with Crippen molar-refractivity contribution in [3.05, 3.63) is 0 Å². The highest BCUT2D eigenvalue weighted by atomic mass is 16.1. The lowest BCUT2D eigenvalue weighted by molar-refractivity contribution is -0.125. The number of rotatable bonds is 3. The number of carbonyl (C=O) groups is 1. The van der Waals surface area contributed by atoms with Gasteiger partial charge in [-0.05, 0) is 45.6 Å². The second-order valence-electron chi connectivity index (χ2n) is 5.33. The Bertz CT molecular complexity index is 228. The minimum Gasteiger partial charge on any atom is -0.353 e. The maximum Gasteiger partial charge on any atom is 0.223 e. The molecule has 2 N–H and O–H groups in total. The van der Waals surface area contributed by atoms with Crippen molar-refractivity contribution in [2.45, 2.75) is 63.5 Å². The predicted molar refractivity (Wildman–Crippen MR) is 65.2 cm³/mol. The van der Waals surface area contributed by atoms with E-state index in [2.05, 4.69) is 10.6 Å². The van der Waals surface area contributed by atoms with Crippen LogP contribution in [0.15, 0.2) is 0 Å². The van der Waals surface area contributed by atoms with Gasteiger partial charge in [-0.3, -0.25) is 4.79 Å². The van der Waals surface area contributed by atoms with Gasteiger partial charge in [-0.25, -0.2) is 0 Å². The zero-order valence-corrected chi connectivity index (χ0v) is 10.3. The van der Waals surface area contributed by atoms with Gasteiger partial charge in [-0.1, -0.05) is 12.8 Å². The molecule has 0 bridgehead atoms. The zero-order chi connectivity index (χ0) is 11.4. The summed E-state index contributed by atoms with van der Waals surface area (Å²) in [5.74, 6) is 0.646. The normalized spacial score (nSPS) is 31.6. The first-order valence-electron chi connectivity index (χ1n) is 6.77. The summed E-state index contributed by atoms with van der Waals surface area (Å²) in [5, 5.41) is 6.56. The van der Waals surface area contributed by atoms with Crippen LogP contribution in [0.5, 0.6) is 0 Å². The van der Waals surface area contributed by atoms with Gasteiger partial charge in [0.25, 0.3) is 0 Å². The lowest BCUT2D eigenvalue weighted by Crippen LogP contribution is -2.43. The topological polar surface area (TPSA) is 41.1 Å². The molecule has 0 aliphatic heterocycles. The van der Waals surface area contributed by atoms with E-state index in [0.717, 1.165) is 25.7 Å². The first-order chi connectivity index (χ1) is 7.79. The highest BCUT2D eigenvalue weighted by molar-refractivity contribution is 5.79. The van der Waals surface area contributed by atoms with Crippen LogP contribution < -0.4 is 10.6 Å². The van der Waals surface area contributed by atoms with Crippen LogP contribution in [0, 0.1) is 5.92 Å². The predicted octanol–water partition coefficient (Wildman–Crippen LogP) is 1.82. The molecule has 2 saturated carbocycles. The molecular formula is C13H24N2O. The van der Waals surface area contributed by atoms with Crippen LogP contribution in [0.4, 0.5) is 0 Å². The average molecular weight is 224 g/mol. The van der Waals surface area contributed by atoms with E-state index < -0.39 is 0 Å². The Morgan fingerprint density at radius 1 is 0.938 bits per heavy atom. The van der Waals surface area contributed by atoms with Crippen molar-refractivity contribution in [1.29, 1.82) is 0 Å². The molecule has 0 radical (unpaired) electrons. The molecule has 0 unspecified atom stereocenters. The van der Waals surface area contributed by atoms with Crippen LogP contribution in [0.3, 0.4) is 0 Å². The fourth-order valence-corrected chi connectivity index (χ4v) is 3.03. The van der Waals surface area contributed by atoms with Crippen molar-refractivity contribution < 1.29 is 4.79 Å². The largest absolute Gasteiger partial charge is 0.353 e. The van der Waals surface area contributed by atoms with Gasteiger partial charge in [-0.2, -0.15) is 0 Å². The maximum atomic E-state index is 11.9. The summed E-state index contributed by atoms with van der Waals surface area (Å²) in [6.45, 7) is 0. The summed E-state index contributed by atoms with van der Waals surface area (Å²) in [7, 11) is 2.03. The molecule has 2 aliphatic rings. The van der Waals surface area contributed by atoms with Crippen molar-refractivity contribution in [1.82, 2.24) is 10.6 Å². The van der Waals surface area contributed by atoms with Crippen molar-refractivity contribution >= 4 is 5.91 Å². The Kier molecular flexibility index (Phi) is 4.22. The molecule has 0 saturated heterocycles. The molecule has 1 amide bonds. The minimum atomic E-state index is 0.321. The molecule has 2 rings (SSSR count). The standard InChI is InChI=1S/C13H24N2O/c1-14-11-6-8-12(9-7-11)15-13(16)10-4-2-3-5-10/h10-12,14H,2-9H2,1H3,(H,15,16). The third-order valence-electron chi connectivity index (χ3n) is 4.21. The Balaban J connectivity index is 1.71. The van der Waals surface area contributed by atoms with Crippen LogP contribution in [0.2, 0.25) is 0 Å². The molecular weight excluding hydrogens is 200 g/mol. The lowest BCUT2D eigenvalue weighted by atomic mass is 9.91. The van der Waals surface area contributed by atoms with E-state index in [4.69, 9.17) is 0 Å². The molecule has 92 valence electrons. The Morgan fingerprint density at radius 2 is 1.50 bits per heavy atom. The van der Waals surface area contributed by atoms with E-state index in [1.165, 1.54) is 25.7 Å². The summed E-state index contributed by atoms with van der Waals surface area (Å²) in [4.78, 5) is 11.9. The van der Waals surface area contributed by atoms with Crippen molar-refractivity contribution in [2.24, 2.45) is 5.92 Å². The van der Waals surface area contributed by atoms with E-state index in [1.807, 2.05) is 7.05 Å². The summed E-state index contributed by atoms with van der Waals surface area (Å²) >= 11 is 0. The smallest absolute Gasteiger partial charge is 0.223 e. The van der Waals surface area contributed by atoms with Crippen LogP contribution in [0.1, 0.15) is 51.4 Å². The van der Waals surface area contributed by atoms with Crippen molar-refractivity contribution in [2.75, 3.05) is 7.05 Å². The van der Waals surface area contributed by atoms with Gasteiger partial charge in [0, 0.05) is 18.0 Å². The molecule has 0 heterocycles. The fourth-order valence-electron chi connectivity index (χ4n) is 3.03. The van der Waals surface area contributed by atoms with Crippen molar-refractivity contribution in [3.63, 3.8) is 0 Å². The van der Waals surface area contributed by atoms with E-state index >= 15 is 0 Å². The van der Waals surface area contributed by atoms with Crippen LogP contribution in [0.25, 0.3) is 0 Å². The Morgan fingerprint density at radius 3 is 2.06 bits per heavy atom. The molecule has 16 heavy (non-hydrogen) atoms. The third kappa shape index (κ3) is 2.97. The zero-order valence-electron chi connectivity index (χ0n) is 10.3. The van der Waals surface area contributed by atoms with Gasteiger partial charge in [0.1, 0.15) is 0 Å². The van der Waals surface area contributed by atoms with E-state index in [1.54, 1.807) is 0 Å². The molecule has 3 heteroatoms. The van der Waals surface area contributed by atoms with Crippen LogP contribution >= 0.6 is 0 Å². The Hall–Kier alpha value is -0.570. The highest BCUT2D eigenvalue weighted by Gasteiger charge is 2.26. The van der Waals surface area contributed by atoms with Gasteiger partial charge in [-0.15, -0.1) is 0 Å². The summed E-state index contributed by atoms with van der Waals surface area (Å²) < 4.78 is 0. The number of carbonyl (C=O) groups excluding carboxylic acids is 1. The number of hydrogen-bond donors (Lipinski definition) is 2. The van der Waals surface area contributed by atoms with Gasteiger partial charge in [0.15, 0.2) is 0 Å². The van der Waals surface area contributed by atoms with Crippen molar-refractivity contribution in [3.8, 4) is 0 Å². The maximum absolute atomic E-state index is 11.9. The SMILES string of the molecule is CNC1CCC(NC(=O)C2CCCC2)CC1.